The third-order valence-corrected chi connectivity index (χ3v) is 3.27. The van der Waals surface area contributed by atoms with Gasteiger partial charge in [-0.1, -0.05) is 6.92 Å². The number of anilines is 1. The minimum atomic E-state index is -0.326. The van der Waals surface area contributed by atoms with Crippen LogP contribution in [0.2, 0.25) is 0 Å². The summed E-state index contributed by atoms with van der Waals surface area (Å²) in [5.41, 5.74) is 6.39. The lowest BCUT2D eigenvalue weighted by atomic mass is 10.1. The smallest absolute Gasteiger partial charge is 0.238 e. The molecule has 0 fully saturated rings. The second-order valence-corrected chi connectivity index (χ2v) is 6.20. The molecule has 1 amide bonds. The maximum atomic E-state index is 12.2. The topological polar surface area (TPSA) is 76.8 Å². The summed E-state index contributed by atoms with van der Waals surface area (Å²) in [5, 5.41) is 2.89. The molecule has 6 heteroatoms. The highest BCUT2D eigenvalue weighted by molar-refractivity contribution is 5.92. The summed E-state index contributed by atoms with van der Waals surface area (Å²) in [6.45, 7) is 8.75. The van der Waals surface area contributed by atoms with Gasteiger partial charge in [-0.2, -0.15) is 0 Å². The van der Waals surface area contributed by atoms with Crippen LogP contribution in [-0.4, -0.2) is 49.2 Å². The molecule has 0 aromatic heterocycles. The van der Waals surface area contributed by atoms with Crippen molar-refractivity contribution in [3.05, 3.63) is 18.2 Å². The van der Waals surface area contributed by atoms with Crippen LogP contribution < -0.4 is 20.5 Å². The highest BCUT2D eigenvalue weighted by Crippen LogP contribution is 2.32. The number of nitrogens with two attached hydrogens (primary N) is 1. The van der Waals surface area contributed by atoms with E-state index in [1.165, 1.54) is 0 Å². The number of benzene rings is 1. The molecule has 0 spiro atoms. The van der Waals surface area contributed by atoms with Gasteiger partial charge < -0.3 is 20.5 Å². The van der Waals surface area contributed by atoms with E-state index in [2.05, 4.69) is 5.32 Å². The predicted octanol–water partition coefficient (Wildman–Crippen LogP) is 1.46. The van der Waals surface area contributed by atoms with Crippen LogP contribution in [0.1, 0.15) is 20.8 Å². The second-order valence-electron chi connectivity index (χ2n) is 6.20. The first-order valence-corrected chi connectivity index (χ1v) is 7.58. The molecule has 3 N–H and O–H groups in total. The highest BCUT2D eigenvalue weighted by atomic mass is 16.6. The van der Waals surface area contributed by atoms with Crippen LogP contribution in [0.15, 0.2) is 18.2 Å². The number of ether oxygens (including phenoxy) is 2. The van der Waals surface area contributed by atoms with Crippen LogP contribution in [-0.2, 0) is 4.79 Å². The Morgan fingerprint density at radius 1 is 1.32 bits per heavy atom. The molecule has 0 saturated carbocycles. The third-order valence-electron chi connectivity index (χ3n) is 3.27. The van der Waals surface area contributed by atoms with Crippen molar-refractivity contribution in [3.8, 4) is 11.5 Å². The Hall–Kier alpha value is -1.79. The summed E-state index contributed by atoms with van der Waals surface area (Å²) in [4.78, 5) is 14.2. The van der Waals surface area contributed by atoms with E-state index in [0.29, 0.717) is 43.5 Å². The van der Waals surface area contributed by atoms with Gasteiger partial charge in [0.1, 0.15) is 13.2 Å². The summed E-state index contributed by atoms with van der Waals surface area (Å²) in [6.07, 6.45) is 0. The summed E-state index contributed by atoms with van der Waals surface area (Å²) < 4.78 is 11.0. The Morgan fingerprint density at radius 3 is 2.64 bits per heavy atom. The van der Waals surface area contributed by atoms with Gasteiger partial charge in [-0.25, -0.2) is 0 Å². The van der Waals surface area contributed by atoms with Gasteiger partial charge in [-0.05, 0) is 32.5 Å². The highest BCUT2D eigenvalue weighted by Gasteiger charge is 2.18. The maximum absolute atomic E-state index is 12.2. The Balaban J connectivity index is 1.93. The minimum Gasteiger partial charge on any atom is -0.486 e. The van der Waals surface area contributed by atoms with Gasteiger partial charge in [0.15, 0.2) is 11.5 Å². The molecular formula is C16H25N3O3. The van der Waals surface area contributed by atoms with Gasteiger partial charge >= 0.3 is 0 Å². The molecule has 0 saturated heterocycles. The Bertz CT molecular complexity index is 526. The van der Waals surface area contributed by atoms with Crippen molar-refractivity contribution in [2.45, 2.75) is 26.3 Å². The number of fused-ring (bicyclic) bond motifs is 1. The first kappa shape index (κ1) is 16.6. The first-order valence-electron chi connectivity index (χ1n) is 7.58. The molecule has 2 rings (SSSR count). The number of likely N-dealkylation sites (N-methyl/N-ethyl adjacent to an activating group) is 1. The van der Waals surface area contributed by atoms with Crippen LogP contribution in [0.3, 0.4) is 0 Å². The van der Waals surface area contributed by atoms with Crippen molar-refractivity contribution in [1.82, 2.24) is 4.90 Å². The van der Waals surface area contributed by atoms with Crippen LogP contribution >= 0.6 is 0 Å². The molecule has 1 aromatic carbocycles. The molecule has 0 radical (unpaired) electrons. The lowest BCUT2D eigenvalue weighted by molar-refractivity contribution is -0.117. The fraction of sp³-hybridized carbons (Fsp3) is 0.562. The average Bonchev–Trinajstić information content (AvgIpc) is 2.45. The number of nitrogens with one attached hydrogen (secondary N) is 1. The van der Waals surface area contributed by atoms with E-state index in [1.807, 2.05) is 37.8 Å². The van der Waals surface area contributed by atoms with Gasteiger partial charge in [-0.3, -0.25) is 9.69 Å². The summed E-state index contributed by atoms with van der Waals surface area (Å²) in [5.74, 6) is 1.31. The molecule has 1 aliphatic heterocycles. The predicted molar refractivity (Wildman–Crippen MR) is 86.4 cm³/mol. The number of nitrogens with zero attached hydrogens (tertiary/aromatic N) is 1. The zero-order valence-corrected chi connectivity index (χ0v) is 13.5. The van der Waals surface area contributed by atoms with Crippen molar-refractivity contribution < 1.29 is 14.3 Å². The van der Waals surface area contributed by atoms with Crippen LogP contribution in [0.25, 0.3) is 0 Å². The van der Waals surface area contributed by atoms with E-state index < -0.39 is 0 Å². The van der Waals surface area contributed by atoms with E-state index >= 15 is 0 Å². The Morgan fingerprint density at radius 2 is 2.00 bits per heavy atom. The van der Waals surface area contributed by atoms with E-state index in [9.17, 15) is 4.79 Å². The van der Waals surface area contributed by atoms with Crippen LogP contribution in [0, 0.1) is 0 Å². The van der Waals surface area contributed by atoms with Gasteiger partial charge in [0.25, 0.3) is 0 Å². The molecule has 0 aliphatic carbocycles. The van der Waals surface area contributed by atoms with Gasteiger partial charge in [-0.15, -0.1) is 0 Å². The van der Waals surface area contributed by atoms with Gasteiger partial charge in [0, 0.05) is 23.8 Å². The molecule has 6 nitrogen and oxygen atoms in total. The molecule has 0 atom stereocenters. The Kier molecular flexibility index (Phi) is 5.26. The lowest BCUT2D eigenvalue weighted by Crippen LogP contribution is -2.47. The van der Waals surface area contributed by atoms with Crippen LogP contribution in [0.5, 0.6) is 11.5 Å². The number of carbonyl (C=O) groups is 1. The number of carbonyl (C=O) groups excluding carboxylic acids is 1. The molecule has 122 valence electrons. The number of rotatable bonds is 6. The first-order chi connectivity index (χ1) is 10.4. The number of amides is 1. The molecule has 0 unspecified atom stereocenters. The molecule has 0 bridgehead atoms. The quantitative estimate of drug-likeness (QED) is 0.832. The van der Waals surface area contributed by atoms with E-state index in [-0.39, 0.29) is 11.4 Å². The van der Waals surface area contributed by atoms with Crippen molar-refractivity contribution in [3.63, 3.8) is 0 Å². The number of hydrogen-bond acceptors (Lipinski definition) is 5. The normalized spacial score (nSPS) is 14.0. The monoisotopic (exact) mass is 307 g/mol. The van der Waals surface area contributed by atoms with Crippen molar-refractivity contribution >= 4 is 11.6 Å². The SMILES string of the molecule is CCN(CC(=O)Nc1ccc2c(c1)OCCO2)CC(C)(C)N. The van der Waals surface area contributed by atoms with Crippen molar-refractivity contribution in [2.24, 2.45) is 5.73 Å². The molecule has 1 heterocycles. The van der Waals surface area contributed by atoms with Crippen molar-refractivity contribution in [1.29, 1.82) is 0 Å². The fourth-order valence-corrected chi connectivity index (χ4v) is 2.38. The average molecular weight is 307 g/mol. The molecule has 1 aromatic rings. The largest absolute Gasteiger partial charge is 0.486 e. The van der Waals surface area contributed by atoms with E-state index in [0.717, 1.165) is 6.54 Å². The Labute approximate surface area is 131 Å². The van der Waals surface area contributed by atoms with Gasteiger partial charge in [0.05, 0.1) is 6.54 Å². The zero-order valence-electron chi connectivity index (χ0n) is 13.5. The number of hydrogen-bond donors (Lipinski definition) is 2. The van der Waals surface area contributed by atoms with Crippen LogP contribution in [0.4, 0.5) is 5.69 Å². The summed E-state index contributed by atoms with van der Waals surface area (Å²) in [6, 6.07) is 5.41. The molecule has 1 aliphatic rings. The minimum absolute atomic E-state index is 0.0669. The van der Waals surface area contributed by atoms with Crippen molar-refractivity contribution in [2.75, 3.05) is 38.2 Å². The summed E-state index contributed by atoms with van der Waals surface area (Å²) >= 11 is 0. The standard InChI is InChI=1S/C16H25N3O3/c1-4-19(11-16(2,3)17)10-15(20)18-12-5-6-13-14(9-12)22-8-7-21-13/h5-6,9H,4,7-8,10-11,17H2,1-3H3,(H,18,20). The zero-order chi connectivity index (χ0) is 16.2. The fourth-order valence-electron chi connectivity index (χ4n) is 2.38. The molecular weight excluding hydrogens is 282 g/mol. The molecule has 22 heavy (non-hydrogen) atoms. The maximum Gasteiger partial charge on any atom is 0.238 e. The van der Waals surface area contributed by atoms with E-state index in [4.69, 9.17) is 15.2 Å². The van der Waals surface area contributed by atoms with E-state index in [1.54, 1.807) is 6.07 Å². The lowest BCUT2D eigenvalue weighted by Gasteiger charge is -2.28. The third kappa shape index (κ3) is 4.89. The second kappa shape index (κ2) is 6.98. The summed E-state index contributed by atoms with van der Waals surface area (Å²) in [7, 11) is 0. The van der Waals surface area contributed by atoms with Gasteiger partial charge in [0.2, 0.25) is 5.91 Å².